The van der Waals surface area contributed by atoms with Crippen LogP contribution in [-0.4, -0.2) is 15.8 Å². The summed E-state index contributed by atoms with van der Waals surface area (Å²) >= 11 is 1.85. The second-order valence-corrected chi connectivity index (χ2v) is 5.67. The van der Waals surface area contributed by atoms with E-state index in [1.54, 1.807) is 0 Å². The van der Waals surface area contributed by atoms with Crippen LogP contribution in [0.25, 0.3) is 5.70 Å². The van der Waals surface area contributed by atoms with Crippen LogP contribution in [0.15, 0.2) is 54.0 Å². The SMILES string of the molecule is CCCCC/C(SC)=C(/c1ccccc1)n1ccnc1. The van der Waals surface area contributed by atoms with E-state index in [9.17, 15) is 0 Å². The lowest BCUT2D eigenvalue weighted by atomic mass is 10.1. The van der Waals surface area contributed by atoms with Crippen molar-refractivity contribution in [2.75, 3.05) is 6.26 Å². The van der Waals surface area contributed by atoms with Crippen molar-refractivity contribution in [3.63, 3.8) is 0 Å². The molecule has 0 bridgehead atoms. The van der Waals surface area contributed by atoms with Crippen LogP contribution in [0.1, 0.15) is 38.2 Å². The first-order chi connectivity index (χ1) is 9.86. The highest BCUT2D eigenvalue weighted by atomic mass is 32.2. The zero-order valence-corrected chi connectivity index (χ0v) is 13.1. The minimum atomic E-state index is 1.14. The molecular formula is C17H22N2S. The van der Waals surface area contributed by atoms with E-state index >= 15 is 0 Å². The van der Waals surface area contributed by atoms with Crippen molar-refractivity contribution in [1.29, 1.82) is 0 Å². The maximum absolute atomic E-state index is 4.20. The van der Waals surface area contributed by atoms with Crippen molar-refractivity contribution < 1.29 is 0 Å². The number of hydrogen-bond donors (Lipinski definition) is 0. The average Bonchev–Trinajstić information content (AvgIpc) is 3.01. The Morgan fingerprint density at radius 1 is 1.20 bits per heavy atom. The van der Waals surface area contributed by atoms with Crippen LogP contribution >= 0.6 is 11.8 Å². The van der Waals surface area contributed by atoms with Gasteiger partial charge in [0.05, 0.1) is 12.0 Å². The molecule has 0 atom stereocenters. The summed E-state index contributed by atoms with van der Waals surface area (Å²) in [6, 6.07) is 10.6. The summed E-state index contributed by atoms with van der Waals surface area (Å²) < 4.78 is 2.13. The van der Waals surface area contributed by atoms with Crippen LogP contribution in [0.4, 0.5) is 0 Å². The minimum absolute atomic E-state index is 1.14. The summed E-state index contributed by atoms with van der Waals surface area (Å²) in [5.74, 6) is 0. The molecule has 0 aliphatic carbocycles. The average molecular weight is 286 g/mol. The van der Waals surface area contributed by atoms with Gasteiger partial charge >= 0.3 is 0 Å². The Morgan fingerprint density at radius 3 is 2.60 bits per heavy atom. The molecular weight excluding hydrogens is 264 g/mol. The van der Waals surface area contributed by atoms with Crippen LogP contribution < -0.4 is 0 Å². The lowest BCUT2D eigenvalue weighted by molar-refractivity contribution is 0.725. The standard InChI is InChI=1S/C17H22N2S/c1-3-4-6-11-16(20-2)17(19-13-12-18-14-19)15-9-7-5-8-10-15/h5,7-10,12-14H,3-4,6,11H2,1-2H3/b17-16+. The van der Waals surface area contributed by atoms with Crippen LogP contribution in [-0.2, 0) is 0 Å². The fraction of sp³-hybridized carbons (Fsp3) is 0.353. The van der Waals surface area contributed by atoms with Gasteiger partial charge in [-0.05, 0) is 24.7 Å². The first-order valence-corrected chi connectivity index (χ1v) is 8.40. The van der Waals surface area contributed by atoms with E-state index < -0.39 is 0 Å². The van der Waals surface area contributed by atoms with Crippen molar-refractivity contribution in [1.82, 2.24) is 9.55 Å². The molecule has 0 radical (unpaired) electrons. The number of thioether (sulfide) groups is 1. The van der Waals surface area contributed by atoms with Crippen molar-refractivity contribution in [3.05, 3.63) is 59.5 Å². The summed E-state index contributed by atoms with van der Waals surface area (Å²) in [6.45, 7) is 2.25. The van der Waals surface area contributed by atoms with Crippen molar-refractivity contribution >= 4 is 17.5 Å². The van der Waals surface area contributed by atoms with E-state index in [0.717, 1.165) is 6.42 Å². The molecule has 106 valence electrons. The Bertz CT molecular complexity index is 529. The predicted octanol–water partition coefficient (Wildman–Crippen LogP) is 5.04. The van der Waals surface area contributed by atoms with Gasteiger partial charge in [0.25, 0.3) is 0 Å². The molecule has 0 N–H and O–H groups in total. The second-order valence-electron chi connectivity index (χ2n) is 4.77. The Balaban J connectivity index is 2.39. The molecule has 0 spiro atoms. The van der Waals surface area contributed by atoms with E-state index in [-0.39, 0.29) is 0 Å². The number of rotatable bonds is 7. The first kappa shape index (κ1) is 14.9. The third-order valence-corrected chi connectivity index (χ3v) is 4.22. The summed E-state index contributed by atoms with van der Waals surface area (Å²) in [5, 5.41) is 0. The topological polar surface area (TPSA) is 17.8 Å². The van der Waals surface area contributed by atoms with Gasteiger partial charge in [-0.15, -0.1) is 11.8 Å². The van der Waals surface area contributed by atoms with Gasteiger partial charge in [-0.3, -0.25) is 0 Å². The maximum atomic E-state index is 4.20. The molecule has 1 heterocycles. The summed E-state index contributed by atoms with van der Waals surface area (Å²) in [5.41, 5.74) is 2.53. The fourth-order valence-electron chi connectivity index (χ4n) is 2.29. The zero-order chi connectivity index (χ0) is 14.2. The highest BCUT2D eigenvalue weighted by Gasteiger charge is 2.10. The lowest BCUT2D eigenvalue weighted by Gasteiger charge is -2.15. The van der Waals surface area contributed by atoms with Crippen LogP contribution in [0.3, 0.4) is 0 Å². The van der Waals surface area contributed by atoms with E-state index in [2.05, 4.69) is 53.1 Å². The minimum Gasteiger partial charge on any atom is -0.305 e. The van der Waals surface area contributed by atoms with Gasteiger partial charge in [0, 0.05) is 17.3 Å². The number of allylic oxidation sites excluding steroid dienone is 1. The molecule has 0 saturated heterocycles. The molecule has 2 rings (SSSR count). The van der Waals surface area contributed by atoms with Gasteiger partial charge in [-0.1, -0.05) is 50.1 Å². The van der Waals surface area contributed by atoms with Gasteiger partial charge in [0.15, 0.2) is 0 Å². The molecule has 0 aliphatic heterocycles. The number of aromatic nitrogens is 2. The van der Waals surface area contributed by atoms with E-state index in [1.165, 1.54) is 35.4 Å². The smallest absolute Gasteiger partial charge is 0.0992 e. The summed E-state index contributed by atoms with van der Waals surface area (Å²) in [6.07, 6.45) is 12.9. The largest absolute Gasteiger partial charge is 0.305 e. The van der Waals surface area contributed by atoms with Gasteiger partial charge in [-0.2, -0.15) is 0 Å². The highest BCUT2D eigenvalue weighted by Crippen LogP contribution is 2.30. The molecule has 2 nitrogen and oxygen atoms in total. The van der Waals surface area contributed by atoms with Gasteiger partial charge in [-0.25, -0.2) is 4.98 Å². The number of benzene rings is 1. The second kappa shape index (κ2) is 7.95. The monoisotopic (exact) mass is 286 g/mol. The summed E-state index contributed by atoms with van der Waals surface area (Å²) in [4.78, 5) is 5.63. The number of nitrogens with zero attached hydrogens (tertiary/aromatic N) is 2. The van der Waals surface area contributed by atoms with Crippen molar-refractivity contribution in [3.8, 4) is 0 Å². The number of imidazole rings is 1. The zero-order valence-electron chi connectivity index (χ0n) is 12.2. The van der Waals surface area contributed by atoms with Gasteiger partial charge < -0.3 is 4.57 Å². The van der Waals surface area contributed by atoms with Crippen LogP contribution in [0, 0.1) is 0 Å². The lowest BCUT2D eigenvalue weighted by Crippen LogP contribution is -2.00. The molecule has 0 aliphatic rings. The quantitative estimate of drug-likeness (QED) is 0.663. The molecule has 0 amide bonds. The maximum Gasteiger partial charge on any atom is 0.0992 e. The van der Waals surface area contributed by atoms with Gasteiger partial charge in [0.1, 0.15) is 0 Å². The molecule has 2 aromatic rings. The number of hydrogen-bond acceptors (Lipinski definition) is 2. The Morgan fingerprint density at radius 2 is 2.00 bits per heavy atom. The van der Waals surface area contributed by atoms with E-state index in [4.69, 9.17) is 0 Å². The fourth-order valence-corrected chi connectivity index (χ4v) is 3.06. The van der Waals surface area contributed by atoms with Crippen LogP contribution in [0.2, 0.25) is 0 Å². The molecule has 1 aromatic carbocycles. The van der Waals surface area contributed by atoms with E-state index in [0.29, 0.717) is 0 Å². The Kier molecular flexibility index (Phi) is 5.93. The van der Waals surface area contributed by atoms with Gasteiger partial charge in [0.2, 0.25) is 0 Å². The van der Waals surface area contributed by atoms with E-state index in [1.807, 2.05) is 30.5 Å². The molecule has 0 fully saturated rings. The van der Waals surface area contributed by atoms with Crippen molar-refractivity contribution in [2.45, 2.75) is 32.6 Å². The summed E-state index contributed by atoms with van der Waals surface area (Å²) in [7, 11) is 0. The van der Waals surface area contributed by atoms with Crippen molar-refractivity contribution in [2.24, 2.45) is 0 Å². The Hall–Kier alpha value is -1.48. The predicted molar refractivity (Wildman–Crippen MR) is 88.6 cm³/mol. The molecule has 20 heavy (non-hydrogen) atoms. The molecule has 0 unspecified atom stereocenters. The highest BCUT2D eigenvalue weighted by molar-refractivity contribution is 8.02. The molecule has 1 aromatic heterocycles. The third kappa shape index (κ3) is 3.76. The first-order valence-electron chi connectivity index (χ1n) is 7.17. The number of unbranched alkanes of at least 4 members (excludes halogenated alkanes) is 2. The van der Waals surface area contributed by atoms with Crippen LogP contribution in [0.5, 0.6) is 0 Å². The Labute approximate surface area is 125 Å². The normalized spacial score (nSPS) is 12.3. The molecule has 0 saturated carbocycles. The third-order valence-electron chi connectivity index (χ3n) is 3.33. The molecule has 3 heteroatoms.